The van der Waals surface area contributed by atoms with Gasteiger partial charge < -0.3 is 9.88 Å². The number of imidazole rings is 1. The molecule has 1 N–H and O–H groups in total. The zero-order valence-electron chi connectivity index (χ0n) is 14.4. The second-order valence-corrected chi connectivity index (χ2v) is 7.22. The average molecular weight is 370 g/mol. The molecule has 1 amide bonds. The van der Waals surface area contributed by atoms with Crippen LogP contribution in [0.5, 0.6) is 0 Å². The standard InChI is InChI=1S/C18H18N4O3S/c1-12(26-14-9-7-13(8-10-14)22(24)25)18(23)19-11-17-20-15-5-3-4-6-16(15)21(17)2/h3-10,12H,11H2,1-2H3,(H,19,23). The smallest absolute Gasteiger partial charge is 0.269 e. The van der Waals surface area contributed by atoms with Crippen LogP contribution in [0.25, 0.3) is 11.0 Å². The minimum Gasteiger partial charge on any atom is -0.348 e. The number of hydrogen-bond acceptors (Lipinski definition) is 5. The van der Waals surface area contributed by atoms with Gasteiger partial charge in [-0.3, -0.25) is 14.9 Å². The fourth-order valence-electron chi connectivity index (χ4n) is 2.57. The van der Waals surface area contributed by atoms with Crippen molar-refractivity contribution in [2.75, 3.05) is 0 Å². The van der Waals surface area contributed by atoms with Gasteiger partial charge in [-0.25, -0.2) is 4.98 Å². The van der Waals surface area contributed by atoms with Crippen LogP contribution in [0, 0.1) is 10.1 Å². The Balaban J connectivity index is 1.60. The lowest BCUT2D eigenvalue weighted by molar-refractivity contribution is -0.384. The normalized spacial score (nSPS) is 12.1. The number of para-hydroxylation sites is 2. The topological polar surface area (TPSA) is 90.1 Å². The number of rotatable bonds is 6. The predicted molar refractivity (Wildman–Crippen MR) is 101 cm³/mol. The highest BCUT2D eigenvalue weighted by molar-refractivity contribution is 8.00. The van der Waals surface area contributed by atoms with E-state index in [0.717, 1.165) is 21.8 Å². The van der Waals surface area contributed by atoms with E-state index in [9.17, 15) is 14.9 Å². The monoisotopic (exact) mass is 370 g/mol. The Bertz CT molecular complexity index is 953. The van der Waals surface area contributed by atoms with Gasteiger partial charge in [0.1, 0.15) is 5.82 Å². The quantitative estimate of drug-likeness (QED) is 0.408. The highest BCUT2D eigenvalue weighted by Crippen LogP contribution is 2.25. The number of non-ortho nitro benzene ring substituents is 1. The van der Waals surface area contributed by atoms with Gasteiger partial charge in [0.25, 0.3) is 5.69 Å². The zero-order chi connectivity index (χ0) is 18.7. The Labute approximate surface area is 154 Å². The second kappa shape index (κ2) is 7.57. The van der Waals surface area contributed by atoms with Gasteiger partial charge in [-0.2, -0.15) is 0 Å². The first-order valence-electron chi connectivity index (χ1n) is 8.05. The summed E-state index contributed by atoms with van der Waals surface area (Å²) in [6, 6.07) is 14.0. The summed E-state index contributed by atoms with van der Waals surface area (Å²) >= 11 is 1.35. The van der Waals surface area contributed by atoms with Gasteiger partial charge in [0.2, 0.25) is 5.91 Å². The highest BCUT2D eigenvalue weighted by atomic mass is 32.2. The van der Waals surface area contributed by atoms with Crippen LogP contribution in [-0.2, 0) is 18.4 Å². The number of nitro benzene ring substituents is 1. The molecule has 1 heterocycles. The SMILES string of the molecule is CC(Sc1ccc([N+](=O)[O-])cc1)C(=O)NCc1nc2ccccc2n1C. The van der Waals surface area contributed by atoms with Crippen LogP contribution >= 0.6 is 11.8 Å². The van der Waals surface area contributed by atoms with Crippen molar-refractivity contribution in [2.45, 2.75) is 23.6 Å². The van der Waals surface area contributed by atoms with E-state index in [1.807, 2.05) is 35.9 Å². The minimum atomic E-state index is -0.443. The van der Waals surface area contributed by atoms with Crippen molar-refractivity contribution < 1.29 is 9.72 Å². The Kier molecular flexibility index (Phi) is 5.22. The Morgan fingerprint density at radius 1 is 1.27 bits per heavy atom. The molecule has 2 aromatic carbocycles. The first kappa shape index (κ1) is 17.9. The number of nitrogens with one attached hydrogen (secondary N) is 1. The second-order valence-electron chi connectivity index (χ2n) is 5.80. The van der Waals surface area contributed by atoms with Crippen molar-refractivity contribution in [3.63, 3.8) is 0 Å². The predicted octanol–water partition coefficient (Wildman–Crippen LogP) is 3.28. The molecule has 8 heteroatoms. The first-order chi connectivity index (χ1) is 12.5. The number of nitrogens with zero attached hydrogens (tertiary/aromatic N) is 3. The number of thioether (sulfide) groups is 1. The molecule has 3 aromatic rings. The summed E-state index contributed by atoms with van der Waals surface area (Å²) in [4.78, 5) is 27.9. The lowest BCUT2D eigenvalue weighted by Crippen LogP contribution is -2.31. The molecule has 1 atom stereocenters. The molecule has 0 bridgehead atoms. The third-order valence-corrected chi connectivity index (χ3v) is 5.14. The molecule has 0 aliphatic heterocycles. The fraction of sp³-hybridized carbons (Fsp3) is 0.222. The number of aryl methyl sites for hydroxylation is 1. The van der Waals surface area contributed by atoms with Crippen molar-refractivity contribution in [2.24, 2.45) is 7.05 Å². The van der Waals surface area contributed by atoms with Gasteiger partial charge in [-0.15, -0.1) is 11.8 Å². The van der Waals surface area contributed by atoms with Crippen LogP contribution in [0.2, 0.25) is 0 Å². The molecule has 1 unspecified atom stereocenters. The van der Waals surface area contributed by atoms with Crippen molar-refractivity contribution in [3.05, 3.63) is 64.5 Å². The van der Waals surface area contributed by atoms with E-state index in [-0.39, 0.29) is 16.8 Å². The average Bonchev–Trinajstić information content (AvgIpc) is 2.96. The molecule has 1 aromatic heterocycles. The summed E-state index contributed by atoms with van der Waals surface area (Å²) in [5, 5.41) is 13.3. The van der Waals surface area contributed by atoms with Gasteiger partial charge in [0, 0.05) is 24.1 Å². The molecule has 0 aliphatic rings. The maximum absolute atomic E-state index is 12.3. The number of aromatic nitrogens is 2. The molecule has 0 radical (unpaired) electrons. The van der Waals surface area contributed by atoms with E-state index in [1.54, 1.807) is 19.1 Å². The van der Waals surface area contributed by atoms with E-state index in [1.165, 1.54) is 23.9 Å². The Morgan fingerprint density at radius 3 is 2.62 bits per heavy atom. The lowest BCUT2D eigenvalue weighted by Gasteiger charge is -2.12. The molecule has 0 saturated carbocycles. The van der Waals surface area contributed by atoms with Crippen molar-refractivity contribution in [3.8, 4) is 0 Å². The number of hydrogen-bond donors (Lipinski definition) is 1. The first-order valence-corrected chi connectivity index (χ1v) is 8.93. The number of carbonyl (C=O) groups is 1. The number of carbonyl (C=O) groups excluding carboxylic acids is 1. The third-order valence-electron chi connectivity index (χ3n) is 4.03. The summed E-state index contributed by atoms with van der Waals surface area (Å²) in [6.45, 7) is 2.14. The molecule has 0 spiro atoms. The van der Waals surface area contributed by atoms with Crippen LogP contribution < -0.4 is 5.32 Å². The number of amides is 1. The van der Waals surface area contributed by atoms with Crippen LogP contribution in [0.1, 0.15) is 12.7 Å². The Hall–Kier alpha value is -2.87. The van der Waals surface area contributed by atoms with E-state index in [2.05, 4.69) is 10.3 Å². The molecule has 0 saturated heterocycles. The van der Waals surface area contributed by atoms with Crippen molar-refractivity contribution >= 4 is 34.4 Å². The maximum Gasteiger partial charge on any atom is 0.269 e. The van der Waals surface area contributed by atoms with Crippen molar-refractivity contribution in [1.29, 1.82) is 0 Å². The molecular weight excluding hydrogens is 352 g/mol. The van der Waals surface area contributed by atoms with Crippen LogP contribution in [0.3, 0.4) is 0 Å². The van der Waals surface area contributed by atoms with E-state index in [4.69, 9.17) is 0 Å². The fourth-order valence-corrected chi connectivity index (χ4v) is 3.46. The van der Waals surface area contributed by atoms with Crippen LogP contribution in [0.15, 0.2) is 53.4 Å². The largest absolute Gasteiger partial charge is 0.348 e. The molecular formula is C18H18N4O3S. The summed E-state index contributed by atoms with van der Waals surface area (Å²) in [5.74, 6) is 0.674. The summed E-state index contributed by atoms with van der Waals surface area (Å²) in [6.07, 6.45) is 0. The summed E-state index contributed by atoms with van der Waals surface area (Å²) in [7, 11) is 1.92. The van der Waals surface area contributed by atoms with Crippen LogP contribution in [-0.4, -0.2) is 25.6 Å². The zero-order valence-corrected chi connectivity index (χ0v) is 15.2. The third kappa shape index (κ3) is 3.85. The molecule has 7 nitrogen and oxygen atoms in total. The molecule has 0 aliphatic carbocycles. The maximum atomic E-state index is 12.3. The van der Waals surface area contributed by atoms with Gasteiger partial charge in [-0.05, 0) is 31.2 Å². The number of nitro groups is 1. The molecule has 26 heavy (non-hydrogen) atoms. The Morgan fingerprint density at radius 2 is 1.96 bits per heavy atom. The van der Waals surface area contributed by atoms with Gasteiger partial charge in [0.15, 0.2) is 0 Å². The van der Waals surface area contributed by atoms with Gasteiger partial charge in [0.05, 0.1) is 27.8 Å². The van der Waals surface area contributed by atoms with E-state index < -0.39 is 4.92 Å². The lowest BCUT2D eigenvalue weighted by atomic mass is 10.3. The highest BCUT2D eigenvalue weighted by Gasteiger charge is 2.16. The molecule has 3 rings (SSSR count). The van der Waals surface area contributed by atoms with Gasteiger partial charge in [-0.1, -0.05) is 12.1 Å². The summed E-state index contributed by atoms with van der Waals surface area (Å²) < 4.78 is 1.96. The minimum absolute atomic E-state index is 0.0355. The number of benzene rings is 2. The molecule has 134 valence electrons. The van der Waals surface area contributed by atoms with Crippen molar-refractivity contribution in [1.82, 2.24) is 14.9 Å². The van der Waals surface area contributed by atoms with E-state index >= 15 is 0 Å². The van der Waals surface area contributed by atoms with Crippen LogP contribution in [0.4, 0.5) is 5.69 Å². The number of fused-ring (bicyclic) bond motifs is 1. The van der Waals surface area contributed by atoms with E-state index in [0.29, 0.717) is 6.54 Å². The molecule has 0 fully saturated rings. The summed E-state index contributed by atoms with van der Waals surface area (Å²) in [5.41, 5.74) is 1.95. The van der Waals surface area contributed by atoms with Gasteiger partial charge >= 0.3 is 0 Å².